The molecule has 0 bridgehead atoms. The number of carboxylic acid groups (broad SMARTS) is 2. The van der Waals surface area contributed by atoms with E-state index in [1.165, 1.54) is 0 Å². The Balaban J connectivity index is 1.62. The molecular weight excluding hydrogens is 732 g/mol. The molecule has 0 saturated carbocycles. The molecule has 4 fully saturated rings. The second-order valence-corrected chi connectivity index (χ2v) is 12.7. The molecule has 53 heavy (non-hydrogen) atoms. The van der Waals surface area contributed by atoms with E-state index in [2.05, 4.69) is 10.6 Å². The Morgan fingerprint density at radius 1 is 0.509 bits per heavy atom. The zero-order chi connectivity index (χ0) is 39.6. The van der Waals surface area contributed by atoms with Crippen LogP contribution in [-0.2, 0) is 52.3 Å². The normalized spacial score (nSPS) is 46.3. The quantitative estimate of drug-likeness (QED) is 0.0875. The maximum absolute atomic E-state index is 12.5. The summed E-state index contributed by atoms with van der Waals surface area (Å²) in [4.78, 5) is 48.2. The van der Waals surface area contributed by atoms with E-state index in [1.807, 2.05) is 0 Å². The first kappa shape index (κ1) is 42.9. The molecule has 20 atom stereocenters. The van der Waals surface area contributed by atoms with Crippen molar-refractivity contribution in [3.63, 3.8) is 0 Å². The van der Waals surface area contributed by atoms with Crippen LogP contribution in [0.3, 0.4) is 0 Å². The van der Waals surface area contributed by atoms with E-state index in [-0.39, 0.29) is 0 Å². The van der Waals surface area contributed by atoms with Crippen LogP contribution in [-0.4, -0.2) is 221 Å². The average Bonchev–Trinajstić information content (AvgIpc) is 3.08. The van der Waals surface area contributed by atoms with Crippen molar-refractivity contribution < 1.29 is 114 Å². The number of aliphatic hydroxyl groups is 10. The first-order chi connectivity index (χ1) is 24.8. The fourth-order valence-corrected chi connectivity index (χ4v) is 6.30. The molecule has 4 saturated heterocycles. The Morgan fingerprint density at radius 3 is 1.43 bits per heavy atom. The third-order valence-electron chi connectivity index (χ3n) is 8.94. The number of hydrogen-bond acceptors (Lipinski definition) is 21. The summed E-state index contributed by atoms with van der Waals surface area (Å²) in [5.74, 6) is -5.28. The van der Waals surface area contributed by atoms with Gasteiger partial charge in [-0.15, -0.1) is 0 Å². The number of rotatable bonds is 12. The van der Waals surface area contributed by atoms with Crippen LogP contribution in [0.2, 0.25) is 0 Å². The lowest BCUT2D eigenvalue weighted by Crippen LogP contribution is -2.70. The molecule has 4 heterocycles. The molecule has 0 radical (unpaired) electrons. The van der Waals surface area contributed by atoms with Crippen molar-refractivity contribution in [1.82, 2.24) is 10.6 Å². The summed E-state index contributed by atoms with van der Waals surface area (Å²) in [7, 11) is 0. The van der Waals surface area contributed by atoms with E-state index < -0.39 is 160 Å². The molecular formula is C28H44N2O23. The fraction of sp³-hybridized carbons (Fsp3) is 0.857. The van der Waals surface area contributed by atoms with Gasteiger partial charge in [-0.1, -0.05) is 0 Å². The maximum atomic E-state index is 12.5. The summed E-state index contributed by atoms with van der Waals surface area (Å²) in [5, 5.41) is 129. The molecule has 0 aromatic rings. The van der Waals surface area contributed by atoms with Crippen LogP contribution in [0.4, 0.5) is 0 Å². The predicted molar refractivity (Wildman–Crippen MR) is 158 cm³/mol. The average molecular weight is 777 g/mol. The molecule has 25 nitrogen and oxygen atoms in total. The number of carboxylic acids is 2. The molecule has 25 heteroatoms. The topological polar surface area (TPSA) is 400 Å². The lowest BCUT2D eigenvalue weighted by molar-refractivity contribution is -0.368. The third kappa shape index (κ3) is 9.19. The highest BCUT2D eigenvalue weighted by Crippen LogP contribution is 2.34. The summed E-state index contributed by atoms with van der Waals surface area (Å²) < 4.78 is 38.0. The van der Waals surface area contributed by atoms with Crippen molar-refractivity contribution in [2.45, 2.75) is 137 Å². The molecule has 0 aliphatic carbocycles. The number of aliphatic hydroxyl groups excluding tert-OH is 10. The van der Waals surface area contributed by atoms with E-state index in [1.54, 1.807) is 0 Å². The molecule has 0 aromatic carbocycles. The molecule has 0 spiro atoms. The van der Waals surface area contributed by atoms with Crippen LogP contribution in [0.25, 0.3) is 0 Å². The van der Waals surface area contributed by atoms with Crippen LogP contribution in [0, 0.1) is 0 Å². The Morgan fingerprint density at radius 2 is 0.943 bits per heavy atom. The van der Waals surface area contributed by atoms with Gasteiger partial charge in [0.25, 0.3) is 0 Å². The van der Waals surface area contributed by atoms with E-state index in [0.29, 0.717) is 0 Å². The molecule has 14 N–H and O–H groups in total. The number of nitrogens with one attached hydrogen (secondary N) is 2. The zero-order valence-corrected chi connectivity index (χ0v) is 27.8. The minimum Gasteiger partial charge on any atom is -0.479 e. The Labute approximate surface area is 298 Å². The Kier molecular flexibility index (Phi) is 14.4. The third-order valence-corrected chi connectivity index (χ3v) is 8.94. The second-order valence-electron chi connectivity index (χ2n) is 12.7. The predicted octanol–water partition coefficient (Wildman–Crippen LogP) is -9.28. The highest BCUT2D eigenvalue weighted by molar-refractivity contribution is 5.74. The molecule has 304 valence electrons. The largest absolute Gasteiger partial charge is 0.479 e. The summed E-state index contributed by atoms with van der Waals surface area (Å²) >= 11 is 0. The van der Waals surface area contributed by atoms with Gasteiger partial charge < -0.3 is 105 Å². The number of ether oxygens (including phenoxy) is 7. The van der Waals surface area contributed by atoms with Gasteiger partial charge in [0.2, 0.25) is 11.8 Å². The van der Waals surface area contributed by atoms with Crippen LogP contribution >= 0.6 is 0 Å². The summed E-state index contributed by atoms with van der Waals surface area (Å²) in [6.07, 6.45) is -36.5. The van der Waals surface area contributed by atoms with E-state index in [9.17, 15) is 80.5 Å². The van der Waals surface area contributed by atoms with Gasteiger partial charge in [-0.3, -0.25) is 9.59 Å². The lowest BCUT2D eigenvalue weighted by atomic mass is 9.94. The SMILES string of the molecule is CC(=O)N[C@H]1C(O[C@H]2[C@H](O)[C@@H](O)C(O[C@H]3[C@H](O)[C@H](CO)OC(O)[C@@H]3NC(C)=O)O[C@H]2C(=O)O)O[C@@H](CO)[C@H](O)[C@@H]1OC1O[C@@H](C(=O)O)[C@H](O)[C@H](O)[C@H]1O. The second kappa shape index (κ2) is 17.8. The zero-order valence-electron chi connectivity index (χ0n) is 27.8. The molecule has 4 rings (SSSR count). The van der Waals surface area contributed by atoms with Crippen molar-refractivity contribution >= 4 is 23.8 Å². The van der Waals surface area contributed by atoms with Gasteiger partial charge in [0.05, 0.1) is 13.2 Å². The molecule has 4 aliphatic rings. The number of hydrogen-bond donors (Lipinski definition) is 14. The van der Waals surface area contributed by atoms with Gasteiger partial charge in [-0.05, 0) is 0 Å². The smallest absolute Gasteiger partial charge is 0.335 e. The molecule has 2 amide bonds. The highest BCUT2D eigenvalue weighted by atomic mass is 16.8. The van der Waals surface area contributed by atoms with Gasteiger partial charge in [0, 0.05) is 13.8 Å². The van der Waals surface area contributed by atoms with E-state index in [0.717, 1.165) is 13.8 Å². The van der Waals surface area contributed by atoms with Gasteiger partial charge >= 0.3 is 11.9 Å². The fourth-order valence-electron chi connectivity index (χ4n) is 6.30. The first-order valence-corrected chi connectivity index (χ1v) is 16.1. The first-order valence-electron chi connectivity index (χ1n) is 16.1. The van der Waals surface area contributed by atoms with Gasteiger partial charge in [0.1, 0.15) is 85.3 Å². The standard InChI is InChI=1S/C28H44N2O23/c1-5(33)29-9-18(11(35)7(3-31)47-25(9)46)49-28-17(41)15(39)20(22(53-28)24(44)45)51-26-10(30-6(2)34)19(12(36)8(4-32)48-26)50-27-16(40)13(37)14(38)21(52-27)23(42)43/h7-22,25-28,31-32,35-41,46H,3-4H2,1-2H3,(H,29,33)(H,30,34)(H,42,43)(H,44,45)/t7-,8-,9+,10+,11+,12-,13-,14+,15+,16+,17+,18+,19+,20-,21+,22+,25?,26?,27?,28?/m0/s1. The minimum absolute atomic E-state index is 0.752. The van der Waals surface area contributed by atoms with E-state index >= 15 is 0 Å². The summed E-state index contributed by atoms with van der Waals surface area (Å²) in [5.41, 5.74) is 0. The number of amides is 2. The van der Waals surface area contributed by atoms with Gasteiger partial charge in [-0.25, -0.2) is 9.59 Å². The van der Waals surface area contributed by atoms with Crippen LogP contribution in [0.5, 0.6) is 0 Å². The summed E-state index contributed by atoms with van der Waals surface area (Å²) in [6.45, 7) is 0.116. The van der Waals surface area contributed by atoms with Gasteiger partial charge in [-0.2, -0.15) is 0 Å². The minimum atomic E-state index is -2.30. The highest BCUT2D eigenvalue weighted by Gasteiger charge is 2.57. The number of aliphatic carboxylic acids is 2. The van der Waals surface area contributed by atoms with Crippen molar-refractivity contribution in [1.29, 1.82) is 0 Å². The van der Waals surface area contributed by atoms with Crippen LogP contribution in [0.15, 0.2) is 0 Å². The van der Waals surface area contributed by atoms with Crippen LogP contribution in [0.1, 0.15) is 13.8 Å². The molecule has 0 aromatic heterocycles. The number of carbonyl (C=O) groups is 4. The molecule has 4 unspecified atom stereocenters. The summed E-state index contributed by atoms with van der Waals surface area (Å²) in [6, 6.07) is -3.38. The monoisotopic (exact) mass is 776 g/mol. The van der Waals surface area contributed by atoms with Crippen LogP contribution < -0.4 is 10.6 Å². The van der Waals surface area contributed by atoms with Crippen molar-refractivity contribution in [2.75, 3.05) is 13.2 Å². The lowest BCUT2D eigenvalue weighted by Gasteiger charge is -2.49. The molecule has 4 aliphatic heterocycles. The Hall–Kier alpha value is -2.80. The maximum Gasteiger partial charge on any atom is 0.335 e. The van der Waals surface area contributed by atoms with Crippen molar-refractivity contribution in [2.24, 2.45) is 0 Å². The Bertz CT molecular complexity index is 1300. The van der Waals surface area contributed by atoms with Gasteiger partial charge in [0.15, 0.2) is 37.4 Å². The van der Waals surface area contributed by atoms with Crippen molar-refractivity contribution in [3.05, 3.63) is 0 Å². The van der Waals surface area contributed by atoms with E-state index in [4.69, 9.17) is 33.2 Å². The van der Waals surface area contributed by atoms with Crippen molar-refractivity contribution in [3.8, 4) is 0 Å². The number of carbonyl (C=O) groups excluding carboxylic acids is 2.